The molecule has 0 aromatic carbocycles. The molecule has 5 nitrogen and oxygen atoms in total. The van der Waals surface area contributed by atoms with Crippen molar-refractivity contribution in [1.82, 2.24) is 10.6 Å². The molecule has 0 heterocycles. The van der Waals surface area contributed by atoms with E-state index in [2.05, 4.69) is 10.6 Å². The Kier molecular flexibility index (Phi) is 9.62. The van der Waals surface area contributed by atoms with Crippen LogP contribution in [0.15, 0.2) is 0 Å². The summed E-state index contributed by atoms with van der Waals surface area (Å²) in [5, 5.41) is 6.38. The largest absolute Gasteiger partial charge is 0.382 e. The first-order valence-electron chi connectivity index (χ1n) is 7.84. The van der Waals surface area contributed by atoms with Gasteiger partial charge in [-0.3, -0.25) is 4.79 Å². The highest BCUT2D eigenvalue weighted by Gasteiger charge is 2.18. The molecule has 1 fully saturated rings. The highest BCUT2D eigenvalue weighted by molar-refractivity contribution is 5.81. The standard InChI is InChI=1S/C15H30N2O3/c1-13(16-9-6-10-20-12-11-19-2)15(18)17-14-7-4-3-5-8-14/h13-14,16H,3-12H2,1-2H3,(H,17,18). The van der Waals surface area contributed by atoms with Gasteiger partial charge in [-0.05, 0) is 32.7 Å². The summed E-state index contributed by atoms with van der Waals surface area (Å²) in [6, 6.07) is 0.258. The summed E-state index contributed by atoms with van der Waals surface area (Å²) in [4.78, 5) is 12.0. The first kappa shape index (κ1) is 17.4. The lowest BCUT2D eigenvalue weighted by molar-refractivity contribution is -0.123. The molecule has 5 heteroatoms. The average Bonchev–Trinajstić information content (AvgIpc) is 2.47. The monoisotopic (exact) mass is 286 g/mol. The van der Waals surface area contributed by atoms with Crippen molar-refractivity contribution < 1.29 is 14.3 Å². The average molecular weight is 286 g/mol. The summed E-state index contributed by atoms with van der Waals surface area (Å²) in [6.45, 7) is 4.69. The second kappa shape index (κ2) is 11.1. The fourth-order valence-corrected chi connectivity index (χ4v) is 2.40. The fourth-order valence-electron chi connectivity index (χ4n) is 2.40. The number of carbonyl (C=O) groups is 1. The van der Waals surface area contributed by atoms with E-state index in [0.29, 0.717) is 25.9 Å². The van der Waals surface area contributed by atoms with E-state index in [-0.39, 0.29) is 11.9 Å². The van der Waals surface area contributed by atoms with Crippen molar-refractivity contribution in [2.75, 3.05) is 33.5 Å². The Balaban J connectivity index is 2.00. The van der Waals surface area contributed by atoms with Crippen LogP contribution in [0.5, 0.6) is 0 Å². The molecule has 0 aromatic heterocycles. The fraction of sp³-hybridized carbons (Fsp3) is 0.933. The van der Waals surface area contributed by atoms with Crippen molar-refractivity contribution >= 4 is 5.91 Å². The highest BCUT2D eigenvalue weighted by Crippen LogP contribution is 2.17. The van der Waals surface area contributed by atoms with Crippen LogP contribution in [0.3, 0.4) is 0 Å². The van der Waals surface area contributed by atoms with Crippen molar-refractivity contribution in [3.8, 4) is 0 Å². The predicted octanol–water partition coefficient (Wildman–Crippen LogP) is 1.47. The minimum absolute atomic E-state index is 0.122. The maximum Gasteiger partial charge on any atom is 0.237 e. The lowest BCUT2D eigenvalue weighted by atomic mass is 9.95. The molecule has 1 aliphatic carbocycles. The molecule has 1 atom stereocenters. The van der Waals surface area contributed by atoms with Crippen LogP contribution in [0, 0.1) is 0 Å². The summed E-state index contributed by atoms with van der Waals surface area (Å²) in [5.41, 5.74) is 0. The van der Waals surface area contributed by atoms with Crippen molar-refractivity contribution in [1.29, 1.82) is 0 Å². The number of hydrogen-bond acceptors (Lipinski definition) is 4. The maximum atomic E-state index is 12.0. The van der Waals surface area contributed by atoms with Gasteiger partial charge in [0.1, 0.15) is 0 Å². The Bertz CT molecular complexity index is 256. The van der Waals surface area contributed by atoms with Crippen LogP contribution >= 0.6 is 0 Å². The molecule has 0 aliphatic heterocycles. The molecule has 1 unspecified atom stereocenters. The Morgan fingerprint density at radius 2 is 1.95 bits per heavy atom. The minimum Gasteiger partial charge on any atom is -0.382 e. The number of ether oxygens (including phenoxy) is 2. The first-order valence-corrected chi connectivity index (χ1v) is 7.84. The van der Waals surface area contributed by atoms with E-state index in [1.54, 1.807) is 7.11 Å². The van der Waals surface area contributed by atoms with Gasteiger partial charge >= 0.3 is 0 Å². The molecule has 0 saturated heterocycles. The number of carbonyl (C=O) groups excluding carboxylic acids is 1. The van der Waals surface area contributed by atoms with Crippen molar-refractivity contribution in [3.05, 3.63) is 0 Å². The highest BCUT2D eigenvalue weighted by atomic mass is 16.5. The SMILES string of the molecule is COCCOCCCNC(C)C(=O)NC1CCCCC1. The van der Waals surface area contributed by atoms with E-state index in [0.717, 1.165) is 25.8 Å². The molecular formula is C15H30N2O3. The van der Waals surface area contributed by atoms with E-state index in [9.17, 15) is 4.79 Å². The molecule has 0 radical (unpaired) electrons. The zero-order valence-electron chi connectivity index (χ0n) is 13.0. The number of amides is 1. The third-order valence-electron chi connectivity index (χ3n) is 3.69. The predicted molar refractivity (Wildman–Crippen MR) is 79.8 cm³/mol. The van der Waals surface area contributed by atoms with Crippen molar-refractivity contribution in [2.24, 2.45) is 0 Å². The van der Waals surface area contributed by atoms with E-state index in [1.807, 2.05) is 6.92 Å². The molecule has 1 amide bonds. The summed E-state index contributed by atoms with van der Waals surface area (Å²) in [6.07, 6.45) is 6.96. The Hall–Kier alpha value is -0.650. The normalized spacial score (nSPS) is 17.9. The van der Waals surface area contributed by atoms with Crippen molar-refractivity contribution in [3.63, 3.8) is 0 Å². The third kappa shape index (κ3) is 7.82. The van der Waals surface area contributed by atoms with Gasteiger partial charge < -0.3 is 20.1 Å². The Morgan fingerprint density at radius 1 is 1.20 bits per heavy atom. The van der Waals surface area contributed by atoms with Crippen LogP contribution in [-0.4, -0.2) is 51.5 Å². The maximum absolute atomic E-state index is 12.0. The van der Waals surface area contributed by atoms with Gasteiger partial charge in [0, 0.05) is 19.8 Å². The van der Waals surface area contributed by atoms with Crippen LogP contribution < -0.4 is 10.6 Å². The molecule has 1 aliphatic rings. The van der Waals surface area contributed by atoms with Gasteiger partial charge in [-0.15, -0.1) is 0 Å². The van der Waals surface area contributed by atoms with Crippen LogP contribution in [0.1, 0.15) is 45.4 Å². The Labute approximate surface area is 122 Å². The van der Waals surface area contributed by atoms with Gasteiger partial charge in [-0.25, -0.2) is 0 Å². The van der Waals surface area contributed by atoms with E-state index >= 15 is 0 Å². The van der Waals surface area contributed by atoms with Crippen molar-refractivity contribution in [2.45, 2.75) is 57.5 Å². The third-order valence-corrected chi connectivity index (χ3v) is 3.69. The van der Waals surface area contributed by atoms with Gasteiger partial charge in [0.15, 0.2) is 0 Å². The lowest BCUT2D eigenvalue weighted by Gasteiger charge is -2.24. The summed E-state index contributed by atoms with van der Waals surface area (Å²) >= 11 is 0. The second-order valence-electron chi connectivity index (χ2n) is 5.48. The van der Waals surface area contributed by atoms with Gasteiger partial charge in [0.2, 0.25) is 5.91 Å². The van der Waals surface area contributed by atoms with Gasteiger partial charge in [-0.1, -0.05) is 19.3 Å². The zero-order chi connectivity index (χ0) is 14.6. The molecule has 1 rings (SSSR count). The molecule has 1 saturated carbocycles. The molecule has 0 aromatic rings. The van der Waals surface area contributed by atoms with Gasteiger partial charge in [0.25, 0.3) is 0 Å². The van der Waals surface area contributed by atoms with Crippen LogP contribution in [0.25, 0.3) is 0 Å². The van der Waals surface area contributed by atoms with Gasteiger partial charge in [0.05, 0.1) is 19.3 Å². The van der Waals surface area contributed by atoms with Crippen LogP contribution in [-0.2, 0) is 14.3 Å². The molecule has 0 bridgehead atoms. The van der Waals surface area contributed by atoms with Crippen LogP contribution in [0.4, 0.5) is 0 Å². The number of rotatable bonds is 10. The Morgan fingerprint density at radius 3 is 2.65 bits per heavy atom. The molecule has 20 heavy (non-hydrogen) atoms. The first-order chi connectivity index (χ1) is 9.74. The van der Waals surface area contributed by atoms with Crippen LogP contribution in [0.2, 0.25) is 0 Å². The van der Waals surface area contributed by atoms with E-state index in [1.165, 1.54) is 19.3 Å². The molecular weight excluding hydrogens is 256 g/mol. The second-order valence-corrected chi connectivity index (χ2v) is 5.48. The summed E-state index contributed by atoms with van der Waals surface area (Å²) in [7, 11) is 1.66. The molecule has 2 N–H and O–H groups in total. The van der Waals surface area contributed by atoms with E-state index in [4.69, 9.17) is 9.47 Å². The minimum atomic E-state index is -0.129. The van der Waals surface area contributed by atoms with Gasteiger partial charge in [-0.2, -0.15) is 0 Å². The summed E-state index contributed by atoms with van der Waals surface area (Å²) < 4.78 is 10.3. The lowest BCUT2D eigenvalue weighted by Crippen LogP contribution is -2.47. The van der Waals surface area contributed by atoms with E-state index < -0.39 is 0 Å². The smallest absolute Gasteiger partial charge is 0.237 e. The summed E-state index contributed by atoms with van der Waals surface area (Å²) in [5.74, 6) is 0.122. The number of hydrogen-bond donors (Lipinski definition) is 2. The number of methoxy groups -OCH3 is 1. The molecule has 118 valence electrons. The topological polar surface area (TPSA) is 59.6 Å². The molecule has 0 spiro atoms. The quantitative estimate of drug-likeness (QED) is 0.597. The zero-order valence-corrected chi connectivity index (χ0v) is 13.0. The number of nitrogens with one attached hydrogen (secondary N) is 2.